The van der Waals surface area contributed by atoms with E-state index in [1.54, 1.807) is 17.4 Å². The predicted molar refractivity (Wildman–Crippen MR) is 66.6 cm³/mol. The third-order valence-corrected chi connectivity index (χ3v) is 2.70. The molecule has 17 heavy (non-hydrogen) atoms. The quantitative estimate of drug-likeness (QED) is 0.618. The molecule has 0 unspecified atom stereocenters. The van der Waals surface area contributed by atoms with Crippen molar-refractivity contribution in [2.45, 2.75) is 19.8 Å². The first-order chi connectivity index (χ1) is 8.08. The molecule has 0 radical (unpaired) electrons. The summed E-state index contributed by atoms with van der Waals surface area (Å²) in [6.07, 6.45) is 2.11. The van der Waals surface area contributed by atoms with E-state index in [1.807, 2.05) is 16.8 Å². The molecule has 0 atom stereocenters. The molecule has 0 spiro atoms. The van der Waals surface area contributed by atoms with Crippen molar-refractivity contribution in [2.24, 2.45) is 5.73 Å². The SMILES string of the molecule is CC(=O)CC(=O)OCC=C(N)Cc1ccsc1. The average molecular weight is 253 g/mol. The Kier molecular flexibility index (Phi) is 5.42. The number of rotatable bonds is 6. The van der Waals surface area contributed by atoms with Gasteiger partial charge in [-0.15, -0.1) is 0 Å². The maximum atomic E-state index is 11.0. The maximum absolute atomic E-state index is 11.0. The van der Waals surface area contributed by atoms with E-state index in [-0.39, 0.29) is 18.8 Å². The Morgan fingerprint density at radius 3 is 2.88 bits per heavy atom. The number of allylic oxidation sites excluding steroid dienone is 1. The zero-order valence-electron chi connectivity index (χ0n) is 9.64. The molecular weight excluding hydrogens is 238 g/mol. The second-order valence-electron chi connectivity index (χ2n) is 3.65. The van der Waals surface area contributed by atoms with E-state index in [9.17, 15) is 9.59 Å². The first-order valence-corrected chi connectivity index (χ1v) is 6.13. The van der Waals surface area contributed by atoms with E-state index in [1.165, 1.54) is 6.92 Å². The molecule has 4 nitrogen and oxygen atoms in total. The van der Waals surface area contributed by atoms with Crippen molar-refractivity contribution in [1.29, 1.82) is 0 Å². The standard InChI is InChI=1S/C12H15NO3S/c1-9(14)6-12(15)16-4-2-11(13)7-10-3-5-17-8-10/h2-3,5,8H,4,6-7,13H2,1H3. The zero-order valence-corrected chi connectivity index (χ0v) is 10.5. The number of ether oxygens (including phenoxy) is 1. The summed E-state index contributed by atoms with van der Waals surface area (Å²) >= 11 is 1.61. The Morgan fingerprint density at radius 2 is 2.29 bits per heavy atom. The first-order valence-electron chi connectivity index (χ1n) is 5.18. The van der Waals surface area contributed by atoms with Gasteiger partial charge in [-0.3, -0.25) is 9.59 Å². The first kappa shape index (κ1) is 13.4. The summed E-state index contributed by atoms with van der Waals surface area (Å²) in [4.78, 5) is 21.7. The fourth-order valence-corrected chi connectivity index (χ4v) is 1.87. The topological polar surface area (TPSA) is 69.4 Å². The number of carbonyl (C=O) groups is 2. The van der Waals surface area contributed by atoms with Gasteiger partial charge < -0.3 is 10.5 Å². The van der Waals surface area contributed by atoms with Crippen LogP contribution in [0.5, 0.6) is 0 Å². The summed E-state index contributed by atoms with van der Waals surface area (Å²) in [5, 5.41) is 4.00. The van der Waals surface area contributed by atoms with Crippen LogP contribution in [-0.4, -0.2) is 18.4 Å². The lowest BCUT2D eigenvalue weighted by atomic mass is 10.2. The molecule has 0 aliphatic carbocycles. The number of hydrogen-bond acceptors (Lipinski definition) is 5. The Hall–Kier alpha value is -1.62. The van der Waals surface area contributed by atoms with Gasteiger partial charge in [0.25, 0.3) is 0 Å². The monoisotopic (exact) mass is 253 g/mol. The smallest absolute Gasteiger partial charge is 0.313 e. The van der Waals surface area contributed by atoms with E-state index in [4.69, 9.17) is 10.5 Å². The molecule has 0 aromatic carbocycles. The molecule has 0 bridgehead atoms. The Bertz CT molecular complexity index is 409. The van der Waals surface area contributed by atoms with Crippen LogP contribution < -0.4 is 5.73 Å². The largest absolute Gasteiger partial charge is 0.461 e. The van der Waals surface area contributed by atoms with Crippen LogP contribution in [0.3, 0.4) is 0 Å². The average Bonchev–Trinajstić information content (AvgIpc) is 2.69. The van der Waals surface area contributed by atoms with E-state index in [2.05, 4.69) is 0 Å². The molecule has 0 saturated carbocycles. The van der Waals surface area contributed by atoms with Crippen LogP contribution in [-0.2, 0) is 20.7 Å². The van der Waals surface area contributed by atoms with Crippen molar-refractivity contribution in [1.82, 2.24) is 0 Å². The number of hydrogen-bond donors (Lipinski definition) is 1. The Labute approximate surface area is 104 Å². The van der Waals surface area contributed by atoms with Gasteiger partial charge in [-0.2, -0.15) is 11.3 Å². The predicted octanol–water partition coefficient (Wildman–Crippen LogP) is 1.66. The normalized spacial score (nSPS) is 11.2. The van der Waals surface area contributed by atoms with Gasteiger partial charge in [0.05, 0.1) is 0 Å². The second-order valence-corrected chi connectivity index (χ2v) is 4.43. The molecule has 1 aromatic rings. The maximum Gasteiger partial charge on any atom is 0.313 e. The summed E-state index contributed by atoms with van der Waals surface area (Å²) in [6, 6.07) is 1.99. The van der Waals surface area contributed by atoms with Gasteiger partial charge in [-0.1, -0.05) is 0 Å². The molecule has 2 N–H and O–H groups in total. The fourth-order valence-electron chi connectivity index (χ4n) is 1.20. The number of esters is 1. The van der Waals surface area contributed by atoms with Crippen LogP contribution in [0, 0.1) is 0 Å². The van der Waals surface area contributed by atoms with Crippen LogP contribution >= 0.6 is 11.3 Å². The summed E-state index contributed by atoms with van der Waals surface area (Å²) < 4.78 is 4.83. The van der Waals surface area contributed by atoms with E-state index >= 15 is 0 Å². The van der Waals surface area contributed by atoms with Crippen molar-refractivity contribution >= 4 is 23.1 Å². The molecule has 1 heterocycles. The molecule has 0 aliphatic rings. The van der Waals surface area contributed by atoms with Gasteiger partial charge in [0.1, 0.15) is 18.8 Å². The van der Waals surface area contributed by atoms with Crippen LogP contribution in [0.25, 0.3) is 0 Å². The number of carbonyl (C=O) groups excluding carboxylic acids is 2. The lowest BCUT2D eigenvalue weighted by molar-refractivity contribution is -0.144. The van der Waals surface area contributed by atoms with Gasteiger partial charge in [-0.05, 0) is 35.4 Å². The van der Waals surface area contributed by atoms with Gasteiger partial charge in [-0.25, -0.2) is 0 Å². The Balaban J connectivity index is 2.28. The van der Waals surface area contributed by atoms with E-state index in [0.717, 1.165) is 5.56 Å². The minimum atomic E-state index is -0.517. The van der Waals surface area contributed by atoms with Gasteiger partial charge in [0.15, 0.2) is 0 Å². The highest BCUT2D eigenvalue weighted by atomic mass is 32.1. The van der Waals surface area contributed by atoms with Crippen LogP contribution in [0.15, 0.2) is 28.6 Å². The van der Waals surface area contributed by atoms with Crippen molar-refractivity contribution in [3.63, 3.8) is 0 Å². The van der Waals surface area contributed by atoms with Crippen molar-refractivity contribution < 1.29 is 14.3 Å². The number of ketones is 1. The molecule has 92 valence electrons. The van der Waals surface area contributed by atoms with Crippen molar-refractivity contribution in [3.05, 3.63) is 34.2 Å². The molecular formula is C12H15NO3S. The number of thiophene rings is 1. The van der Waals surface area contributed by atoms with Crippen LogP contribution in [0.4, 0.5) is 0 Å². The molecule has 0 fully saturated rings. The number of Topliss-reactive ketones (excluding diaryl/α,β-unsaturated/α-hetero) is 1. The minimum Gasteiger partial charge on any atom is -0.461 e. The van der Waals surface area contributed by atoms with E-state index < -0.39 is 5.97 Å². The molecule has 5 heteroatoms. The lowest BCUT2D eigenvalue weighted by Gasteiger charge is -2.02. The lowest BCUT2D eigenvalue weighted by Crippen LogP contribution is -2.10. The van der Waals surface area contributed by atoms with Crippen LogP contribution in [0.1, 0.15) is 18.9 Å². The van der Waals surface area contributed by atoms with Gasteiger partial charge in [0.2, 0.25) is 0 Å². The summed E-state index contributed by atoms with van der Waals surface area (Å²) in [5.41, 5.74) is 7.55. The fraction of sp³-hybridized carbons (Fsp3) is 0.333. The molecule has 1 rings (SSSR count). The van der Waals surface area contributed by atoms with Crippen molar-refractivity contribution in [3.8, 4) is 0 Å². The van der Waals surface area contributed by atoms with Crippen LogP contribution in [0.2, 0.25) is 0 Å². The highest BCUT2D eigenvalue weighted by Crippen LogP contribution is 2.09. The molecule has 1 aromatic heterocycles. The van der Waals surface area contributed by atoms with E-state index in [0.29, 0.717) is 12.1 Å². The zero-order chi connectivity index (χ0) is 12.7. The second kappa shape index (κ2) is 6.85. The third-order valence-electron chi connectivity index (χ3n) is 1.97. The molecule has 0 amide bonds. The minimum absolute atomic E-state index is 0.113. The molecule has 0 aliphatic heterocycles. The highest BCUT2D eigenvalue weighted by molar-refractivity contribution is 7.07. The molecule has 0 saturated heterocycles. The Morgan fingerprint density at radius 1 is 1.53 bits per heavy atom. The summed E-state index contributed by atoms with van der Waals surface area (Å²) in [6.45, 7) is 1.46. The van der Waals surface area contributed by atoms with Gasteiger partial charge >= 0.3 is 5.97 Å². The highest BCUT2D eigenvalue weighted by Gasteiger charge is 2.05. The summed E-state index contributed by atoms with van der Waals surface area (Å²) in [7, 11) is 0. The number of nitrogens with two attached hydrogens (primary N) is 1. The van der Waals surface area contributed by atoms with Gasteiger partial charge in [0, 0.05) is 12.1 Å². The third kappa shape index (κ3) is 5.87. The summed E-state index contributed by atoms with van der Waals surface area (Å²) in [5.74, 6) is -0.720. The van der Waals surface area contributed by atoms with Crippen molar-refractivity contribution in [2.75, 3.05) is 6.61 Å².